The van der Waals surface area contributed by atoms with Crippen molar-refractivity contribution < 1.29 is 27.5 Å². The van der Waals surface area contributed by atoms with Gasteiger partial charge in [-0.2, -0.15) is 13.2 Å². The Morgan fingerprint density at radius 1 is 1.29 bits per heavy atom. The van der Waals surface area contributed by atoms with Gasteiger partial charge in [0.05, 0.1) is 6.42 Å². The van der Waals surface area contributed by atoms with Crippen molar-refractivity contribution in [2.45, 2.75) is 25.9 Å². The first kappa shape index (κ1) is 13.1. The van der Waals surface area contributed by atoms with Crippen LogP contribution in [0.2, 0.25) is 0 Å². The maximum absolute atomic E-state index is 11.7. The van der Waals surface area contributed by atoms with Crippen LogP contribution in [0.15, 0.2) is 0 Å². The monoisotopic (exact) mass is 212 g/mol. The molecular weight excluding hydrogens is 201 g/mol. The minimum atomic E-state index is -4.93. The van der Waals surface area contributed by atoms with Gasteiger partial charge in [0.2, 0.25) is 5.78 Å². The summed E-state index contributed by atoms with van der Waals surface area (Å²) >= 11 is 0. The van der Waals surface area contributed by atoms with E-state index in [2.05, 4.69) is 4.74 Å². The second-order valence-electron chi connectivity index (χ2n) is 2.69. The van der Waals surface area contributed by atoms with E-state index in [1.165, 1.54) is 0 Å². The smallest absolute Gasteiger partial charge is 0.374 e. The van der Waals surface area contributed by atoms with Crippen LogP contribution < -0.4 is 0 Å². The predicted octanol–water partition coefficient (Wildman–Crippen LogP) is 1.50. The van der Waals surface area contributed by atoms with Gasteiger partial charge in [0.25, 0.3) is 0 Å². The van der Waals surface area contributed by atoms with Gasteiger partial charge in [0, 0.05) is 6.61 Å². The number of halogens is 3. The molecule has 0 N–H and O–H groups in total. The molecule has 0 radical (unpaired) electrons. The van der Waals surface area contributed by atoms with Crippen LogP contribution >= 0.6 is 0 Å². The molecule has 0 bridgehead atoms. The van der Waals surface area contributed by atoms with Crippen molar-refractivity contribution in [2.75, 3.05) is 13.2 Å². The fraction of sp³-hybridized carbons (Fsp3) is 0.750. The molecule has 0 aliphatic rings. The van der Waals surface area contributed by atoms with E-state index in [9.17, 15) is 22.8 Å². The molecule has 0 saturated heterocycles. The van der Waals surface area contributed by atoms with Crippen LogP contribution in [0.5, 0.6) is 0 Å². The topological polar surface area (TPSA) is 43.4 Å². The van der Waals surface area contributed by atoms with Crippen molar-refractivity contribution in [3.8, 4) is 0 Å². The summed E-state index contributed by atoms with van der Waals surface area (Å²) in [5, 5.41) is 0. The molecule has 0 amide bonds. The van der Waals surface area contributed by atoms with Crippen LogP contribution in [0.4, 0.5) is 13.2 Å². The van der Waals surface area contributed by atoms with Gasteiger partial charge >= 0.3 is 6.18 Å². The number of rotatable bonds is 6. The molecule has 6 heteroatoms. The zero-order valence-corrected chi connectivity index (χ0v) is 7.69. The molecule has 0 rings (SSSR count). The lowest BCUT2D eigenvalue weighted by molar-refractivity contribution is -0.172. The lowest BCUT2D eigenvalue weighted by atomic mass is 10.2. The minimum absolute atomic E-state index is 0.298. The Bertz CT molecular complexity index is 210. The Labute approximate surface area is 79.2 Å². The van der Waals surface area contributed by atoms with E-state index in [0.29, 0.717) is 13.0 Å². The van der Waals surface area contributed by atoms with Crippen molar-refractivity contribution in [2.24, 2.45) is 0 Å². The van der Waals surface area contributed by atoms with Crippen LogP contribution in [0.1, 0.15) is 19.8 Å². The summed E-state index contributed by atoms with van der Waals surface area (Å²) in [6.45, 7) is 1.66. The third-order valence-electron chi connectivity index (χ3n) is 1.29. The zero-order chi connectivity index (χ0) is 11.2. The molecule has 0 unspecified atom stereocenters. The first-order valence-electron chi connectivity index (χ1n) is 4.07. The highest BCUT2D eigenvalue weighted by Gasteiger charge is 2.38. The molecule has 0 atom stereocenters. The summed E-state index contributed by atoms with van der Waals surface area (Å²) in [6.07, 6.45) is -5.39. The number of carbonyl (C=O) groups is 2. The van der Waals surface area contributed by atoms with Crippen LogP contribution in [-0.4, -0.2) is 31.0 Å². The number of hydrogen-bond acceptors (Lipinski definition) is 3. The Morgan fingerprint density at radius 2 is 1.86 bits per heavy atom. The van der Waals surface area contributed by atoms with E-state index in [4.69, 9.17) is 0 Å². The van der Waals surface area contributed by atoms with Gasteiger partial charge in [-0.3, -0.25) is 9.59 Å². The quantitative estimate of drug-likeness (QED) is 0.495. The summed E-state index contributed by atoms with van der Waals surface area (Å²) in [4.78, 5) is 21.0. The maximum Gasteiger partial charge on any atom is 0.450 e. The Hall–Kier alpha value is -0.910. The molecule has 3 nitrogen and oxygen atoms in total. The Morgan fingerprint density at radius 3 is 2.29 bits per heavy atom. The number of alkyl halides is 3. The highest BCUT2D eigenvalue weighted by atomic mass is 19.4. The number of carbonyl (C=O) groups excluding carboxylic acids is 2. The van der Waals surface area contributed by atoms with Gasteiger partial charge in [-0.15, -0.1) is 0 Å². The largest absolute Gasteiger partial charge is 0.450 e. The first-order chi connectivity index (χ1) is 6.38. The second-order valence-corrected chi connectivity index (χ2v) is 2.69. The standard InChI is InChI=1S/C8H11F3O3/c1-2-3-14-5-6(12)4-7(13)8(9,10)11/h2-5H2,1H3. The van der Waals surface area contributed by atoms with E-state index in [1.807, 2.05) is 0 Å². The fourth-order valence-corrected chi connectivity index (χ4v) is 0.661. The molecule has 0 aliphatic heterocycles. The van der Waals surface area contributed by atoms with E-state index in [0.717, 1.165) is 0 Å². The molecule has 0 fully saturated rings. The van der Waals surface area contributed by atoms with Crippen molar-refractivity contribution >= 4 is 11.6 Å². The third-order valence-corrected chi connectivity index (χ3v) is 1.29. The summed E-state index contributed by atoms with van der Waals surface area (Å²) < 4.78 is 39.7. The Balaban J connectivity index is 3.78. The lowest BCUT2D eigenvalue weighted by Crippen LogP contribution is -2.26. The number of hydrogen-bond donors (Lipinski definition) is 0. The molecule has 0 aliphatic carbocycles. The van der Waals surface area contributed by atoms with E-state index in [-0.39, 0.29) is 0 Å². The van der Waals surface area contributed by atoms with E-state index < -0.39 is 30.8 Å². The highest BCUT2D eigenvalue weighted by Crippen LogP contribution is 2.17. The number of Topliss-reactive ketones (excluding diaryl/α,β-unsaturated/α-hetero) is 2. The van der Waals surface area contributed by atoms with Gasteiger partial charge in [-0.1, -0.05) is 6.92 Å². The predicted molar refractivity (Wildman–Crippen MR) is 41.8 cm³/mol. The van der Waals surface area contributed by atoms with Crippen molar-refractivity contribution in [1.82, 2.24) is 0 Å². The van der Waals surface area contributed by atoms with Crippen LogP contribution in [0.25, 0.3) is 0 Å². The summed E-state index contributed by atoms with van der Waals surface area (Å²) in [5.41, 5.74) is 0. The van der Waals surface area contributed by atoms with Crippen molar-refractivity contribution in [3.63, 3.8) is 0 Å². The van der Waals surface area contributed by atoms with Gasteiger partial charge < -0.3 is 4.74 Å². The lowest BCUT2D eigenvalue weighted by Gasteiger charge is -2.04. The molecule has 14 heavy (non-hydrogen) atoms. The average Bonchev–Trinajstić information content (AvgIpc) is 2.03. The third kappa shape index (κ3) is 5.69. The number of ketones is 2. The van der Waals surface area contributed by atoms with Gasteiger partial charge in [0.1, 0.15) is 6.61 Å². The Kier molecular flexibility index (Phi) is 5.37. The molecule has 0 aromatic rings. The molecule has 0 saturated carbocycles. The van der Waals surface area contributed by atoms with Gasteiger partial charge in [-0.25, -0.2) is 0 Å². The molecule has 0 aromatic heterocycles. The van der Waals surface area contributed by atoms with Crippen LogP contribution in [-0.2, 0) is 14.3 Å². The van der Waals surface area contributed by atoms with E-state index in [1.54, 1.807) is 6.92 Å². The SMILES string of the molecule is CCCOCC(=O)CC(=O)C(F)(F)F. The van der Waals surface area contributed by atoms with Crippen LogP contribution in [0, 0.1) is 0 Å². The molecule has 0 heterocycles. The molecule has 0 aromatic carbocycles. The maximum atomic E-state index is 11.7. The molecule has 0 spiro atoms. The molecule has 82 valence electrons. The normalized spacial score (nSPS) is 11.4. The van der Waals surface area contributed by atoms with Gasteiger partial charge in [-0.05, 0) is 6.42 Å². The highest BCUT2D eigenvalue weighted by molar-refractivity contribution is 6.02. The summed E-state index contributed by atoms with van der Waals surface area (Å²) in [7, 11) is 0. The first-order valence-corrected chi connectivity index (χ1v) is 4.07. The average molecular weight is 212 g/mol. The van der Waals surface area contributed by atoms with Crippen LogP contribution in [0.3, 0.4) is 0 Å². The number of ether oxygens (including phenoxy) is 1. The molecular formula is C8H11F3O3. The van der Waals surface area contributed by atoms with E-state index >= 15 is 0 Å². The zero-order valence-electron chi connectivity index (χ0n) is 7.69. The van der Waals surface area contributed by atoms with Gasteiger partial charge in [0.15, 0.2) is 5.78 Å². The minimum Gasteiger partial charge on any atom is -0.374 e. The van der Waals surface area contributed by atoms with Crippen molar-refractivity contribution in [1.29, 1.82) is 0 Å². The fourth-order valence-electron chi connectivity index (χ4n) is 0.661. The van der Waals surface area contributed by atoms with Crippen molar-refractivity contribution in [3.05, 3.63) is 0 Å². The second kappa shape index (κ2) is 5.74. The summed E-state index contributed by atoms with van der Waals surface area (Å²) in [5.74, 6) is -2.87. The summed E-state index contributed by atoms with van der Waals surface area (Å²) in [6, 6.07) is 0.